The third-order valence-corrected chi connectivity index (χ3v) is 6.42. The van der Waals surface area contributed by atoms with Crippen LogP contribution in [0.4, 0.5) is 4.39 Å². The van der Waals surface area contributed by atoms with Crippen molar-refractivity contribution >= 4 is 15.4 Å². The van der Waals surface area contributed by atoms with Gasteiger partial charge in [0.1, 0.15) is 5.82 Å². The number of hydrogen-bond acceptors (Lipinski definition) is 2. The van der Waals surface area contributed by atoms with Gasteiger partial charge in [-0.25, -0.2) is 12.8 Å². The Bertz CT molecular complexity index is 905. The van der Waals surface area contributed by atoms with Gasteiger partial charge in [0.2, 0.25) is 0 Å². The molecule has 4 rings (SSSR count). The Labute approximate surface area is 141 Å². The molecule has 4 heteroatoms. The molecule has 1 atom stereocenters. The van der Waals surface area contributed by atoms with Crippen LogP contribution in [0.25, 0.3) is 5.57 Å². The number of halogens is 1. The molecule has 0 amide bonds. The lowest BCUT2D eigenvalue weighted by Crippen LogP contribution is -2.01. The Balaban J connectivity index is 1.67. The molecular formula is C20H19FO2S. The number of allylic oxidation sites excluding steroid dienone is 2. The minimum Gasteiger partial charge on any atom is -0.224 e. The first-order chi connectivity index (χ1) is 11.4. The van der Waals surface area contributed by atoms with Gasteiger partial charge in [0.05, 0.1) is 4.90 Å². The highest BCUT2D eigenvalue weighted by Gasteiger charge is 2.51. The van der Waals surface area contributed by atoms with Crippen LogP contribution in [0, 0.1) is 11.2 Å². The lowest BCUT2D eigenvalue weighted by atomic mass is 9.90. The van der Waals surface area contributed by atoms with Gasteiger partial charge in [0.25, 0.3) is 0 Å². The molecule has 1 spiro atoms. The first kappa shape index (κ1) is 15.6. The van der Waals surface area contributed by atoms with E-state index < -0.39 is 9.84 Å². The van der Waals surface area contributed by atoms with Crippen LogP contribution in [0.5, 0.6) is 0 Å². The zero-order valence-corrected chi connectivity index (χ0v) is 14.3. The van der Waals surface area contributed by atoms with Gasteiger partial charge in [-0.2, -0.15) is 0 Å². The van der Waals surface area contributed by atoms with Crippen LogP contribution >= 0.6 is 0 Å². The van der Waals surface area contributed by atoms with Crippen molar-refractivity contribution in [1.82, 2.24) is 0 Å². The highest BCUT2D eigenvalue weighted by atomic mass is 32.2. The van der Waals surface area contributed by atoms with Gasteiger partial charge >= 0.3 is 0 Å². The van der Waals surface area contributed by atoms with Gasteiger partial charge in [-0.1, -0.05) is 30.3 Å². The number of hydrogen-bond donors (Lipinski definition) is 0. The van der Waals surface area contributed by atoms with Gasteiger partial charge in [-0.3, -0.25) is 0 Å². The lowest BCUT2D eigenvalue weighted by molar-refractivity contribution is 0.597. The number of sulfone groups is 1. The van der Waals surface area contributed by atoms with Crippen molar-refractivity contribution in [3.63, 3.8) is 0 Å². The molecule has 0 heterocycles. The van der Waals surface area contributed by atoms with Gasteiger partial charge in [0.15, 0.2) is 9.84 Å². The van der Waals surface area contributed by atoms with E-state index in [0.29, 0.717) is 10.8 Å². The van der Waals surface area contributed by atoms with Crippen molar-refractivity contribution in [1.29, 1.82) is 0 Å². The predicted molar refractivity (Wildman–Crippen MR) is 93.0 cm³/mol. The minimum atomic E-state index is -3.16. The zero-order chi connectivity index (χ0) is 16.9. The standard InChI is InChI=1S/C20H19FO2S/c1-24(22,23)18-8-4-14(5-9-18)16-12-19(20(13-16)10-11-20)15-2-6-17(21)7-3-15/h2-9,12,16H,10-11,13H2,1H3. The molecule has 1 saturated carbocycles. The van der Waals surface area contributed by atoms with E-state index in [1.807, 2.05) is 24.3 Å². The van der Waals surface area contributed by atoms with E-state index in [0.717, 1.165) is 17.5 Å². The fraction of sp³-hybridized carbons (Fsp3) is 0.300. The molecule has 0 saturated heterocycles. The molecule has 2 aliphatic carbocycles. The predicted octanol–water partition coefficient (Wildman–Crippen LogP) is 4.58. The molecule has 2 aromatic rings. The molecule has 0 aliphatic heterocycles. The molecule has 2 aliphatic rings. The lowest BCUT2D eigenvalue weighted by Gasteiger charge is -2.14. The van der Waals surface area contributed by atoms with Crippen LogP contribution in [0.3, 0.4) is 0 Å². The SMILES string of the molecule is CS(=O)(=O)c1ccc(C2C=C(c3ccc(F)cc3)C3(CC3)C2)cc1. The maximum absolute atomic E-state index is 13.2. The summed E-state index contributed by atoms with van der Waals surface area (Å²) in [4.78, 5) is 0.355. The molecular weight excluding hydrogens is 323 g/mol. The first-order valence-corrected chi connectivity index (χ1v) is 10.0. The molecule has 24 heavy (non-hydrogen) atoms. The summed E-state index contributed by atoms with van der Waals surface area (Å²) in [6.07, 6.45) is 6.92. The van der Waals surface area contributed by atoms with E-state index in [2.05, 4.69) is 6.08 Å². The molecule has 124 valence electrons. The summed E-state index contributed by atoms with van der Waals surface area (Å²) in [6, 6.07) is 14.0. The van der Waals surface area contributed by atoms with E-state index in [1.54, 1.807) is 12.1 Å². The highest BCUT2D eigenvalue weighted by Crippen LogP contribution is 2.65. The summed E-state index contributed by atoms with van der Waals surface area (Å²) in [5.74, 6) is 0.0799. The van der Waals surface area contributed by atoms with E-state index in [9.17, 15) is 12.8 Å². The normalized spacial score (nSPS) is 21.8. The summed E-state index contributed by atoms with van der Waals surface area (Å²) in [5.41, 5.74) is 3.80. The molecule has 2 nitrogen and oxygen atoms in total. The third kappa shape index (κ3) is 2.69. The quantitative estimate of drug-likeness (QED) is 0.818. The van der Waals surface area contributed by atoms with Crippen molar-refractivity contribution in [2.45, 2.75) is 30.1 Å². The Kier molecular flexibility index (Phi) is 3.43. The van der Waals surface area contributed by atoms with Crippen molar-refractivity contribution in [3.05, 3.63) is 71.6 Å². The van der Waals surface area contributed by atoms with Crippen LogP contribution in [-0.4, -0.2) is 14.7 Å². The molecule has 1 unspecified atom stereocenters. The van der Waals surface area contributed by atoms with Crippen LogP contribution in [0.1, 0.15) is 36.3 Å². The van der Waals surface area contributed by atoms with Crippen LogP contribution < -0.4 is 0 Å². The van der Waals surface area contributed by atoms with Crippen molar-refractivity contribution in [3.8, 4) is 0 Å². The fourth-order valence-electron chi connectivity index (χ4n) is 3.80. The number of rotatable bonds is 3. The fourth-order valence-corrected chi connectivity index (χ4v) is 4.43. The van der Waals surface area contributed by atoms with E-state index in [1.165, 1.54) is 36.8 Å². The van der Waals surface area contributed by atoms with Crippen molar-refractivity contribution < 1.29 is 12.8 Å². The second-order valence-corrected chi connectivity index (χ2v) is 9.04. The van der Waals surface area contributed by atoms with Gasteiger partial charge in [-0.15, -0.1) is 0 Å². The second-order valence-electron chi connectivity index (χ2n) is 7.02. The summed E-state index contributed by atoms with van der Waals surface area (Å²) in [6.45, 7) is 0. The van der Waals surface area contributed by atoms with Crippen LogP contribution in [0.15, 0.2) is 59.5 Å². The summed E-state index contributed by atoms with van der Waals surface area (Å²) < 4.78 is 36.4. The molecule has 2 aromatic carbocycles. The zero-order valence-electron chi connectivity index (χ0n) is 13.5. The molecule has 0 bridgehead atoms. The largest absolute Gasteiger partial charge is 0.224 e. The third-order valence-electron chi connectivity index (χ3n) is 5.30. The first-order valence-electron chi connectivity index (χ1n) is 8.16. The average molecular weight is 342 g/mol. The Hall–Kier alpha value is -1.94. The maximum atomic E-state index is 13.2. The van der Waals surface area contributed by atoms with Crippen LogP contribution in [-0.2, 0) is 9.84 Å². The Morgan fingerprint density at radius 2 is 1.62 bits per heavy atom. The van der Waals surface area contributed by atoms with Crippen LogP contribution in [0.2, 0.25) is 0 Å². The summed E-state index contributed by atoms with van der Waals surface area (Å²) in [5, 5.41) is 0. The molecule has 0 aromatic heterocycles. The Morgan fingerprint density at radius 3 is 2.17 bits per heavy atom. The molecule has 0 radical (unpaired) electrons. The average Bonchev–Trinajstić information content (AvgIpc) is 3.21. The van der Waals surface area contributed by atoms with Gasteiger partial charge < -0.3 is 0 Å². The highest BCUT2D eigenvalue weighted by molar-refractivity contribution is 7.90. The van der Waals surface area contributed by atoms with E-state index in [4.69, 9.17) is 0 Å². The van der Waals surface area contributed by atoms with Gasteiger partial charge in [0, 0.05) is 12.2 Å². The Morgan fingerprint density at radius 1 is 1.00 bits per heavy atom. The maximum Gasteiger partial charge on any atom is 0.175 e. The van der Waals surface area contributed by atoms with Crippen molar-refractivity contribution in [2.75, 3.05) is 6.26 Å². The monoisotopic (exact) mass is 342 g/mol. The summed E-state index contributed by atoms with van der Waals surface area (Å²) >= 11 is 0. The number of benzene rings is 2. The van der Waals surface area contributed by atoms with E-state index >= 15 is 0 Å². The smallest absolute Gasteiger partial charge is 0.175 e. The summed E-state index contributed by atoms with van der Waals surface area (Å²) in [7, 11) is -3.16. The van der Waals surface area contributed by atoms with E-state index in [-0.39, 0.29) is 11.2 Å². The minimum absolute atomic E-state index is 0.213. The van der Waals surface area contributed by atoms with Crippen molar-refractivity contribution in [2.24, 2.45) is 5.41 Å². The molecule has 1 fully saturated rings. The topological polar surface area (TPSA) is 34.1 Å². The van der Waals surface area contributed by atoms with Gasteiger partial charge in [-0.05, 0) is 65.6 Å². The molecule has 0 N–H and O–H groups in total. The second kappa shape index (κ2) is 5.28.